The highest BCUT2D eigenvalue weighted by Gasteiger charge is 2.18. The number of rotatable bonds is 5. The van der Waals surface area contributed by atoms with E-state index in [9.17, 15) is 0 Å². The molecular formula is C28H26N8O. The van der Waals surface area contributed by atoms with E-state index in [1.165, 1.54) is 19.3 Å². The SMILES string of the molecule is Cc1cn(-c2ccnc3[nH]c(-c4n[nH]c5ccc(-c6cncc(OC7CCCCC7)c6)nc45)cc23)cn1. The largest absolute Gasteiger partial charge is 0.489 e. The maximum atomic E-state index is 6.24. The normalized spacial score (nSPS) is 14.5. The van der Waals surface area contributed by atoms with E-state index in [0.717, 1.165) is 74.7 Å². The minimum atomic E-state index is 0.272. The number of hydrogen-bond acceptors (Lipinski definition) is 6. The van der Waals surface area contributed by atoms with Crippen LogP contribution in [-0.4, -0.2) is 45.8 Å². The van der Waals surface area contributed by atoms with Crippen molar-refractivity contribution in [2.24, 2.45) is 0 Å². The van der Waals surface area contributed by atoms with Gasteiger partial charge in [0.05, 0.1) is 46.9 Å². The van der Waals surface area contributed by atoms with Gasteiger partial charge in [-0.2, -0.15) is 5.10 Å². The van der Waals surface area contributed by atoms with E-state index in [-0.39, 0.29) is 6.10 Å². The monoisotopic (exact) mass is 490 g/mol. The molecule has 2 N–H and O–H groups in total. The molecule has 0 aliphatic heterocycles. The molecule has 1 aliphatic rings. The molecule has 1 fully saturated rings. The molecule has 7 rings (SSSR count). The lowest BCUT2D eigenvalue weighted by Crippen LogP contribution is -2.19. The van der Waals surface area contributed by atoms with Crippen molar-refractivity contribution in [2.45, 2.75) is 45.1 Å². The molecule has 9 heteroatoms. The summed E-state index contributed by atoms with van der Waals surface area (Å²) in [6, 6.07) is 10.1. The van der Waals surface area contributed by atoms with E-state index in [4.69, 9.17) is 9.72 Å². The average Bonchev–Trinajstić information content (AvgIpc) is 3.66. The summed E-state index contributed by atoms with van der Waals surface area (Å²) < 4.78 is 8.24. The summed E-state index contributed by atoms with van der Waals surface area (Å²) in [5.41, 5.74) is 7.70. The summed E-state index contributed by atoms with van der Waals surface area (Å²) >= 11 is 0. The molecule has 9 nitrogen and oxygen atoms in total. The molecule has 0 atom stereocenters. The number of nitrogens with one attached hydrogen (secondary N) is 2. The maximum absolute atomic E-state index is 6.24. The smallest absolute Gasteiger partial charge is 0.139 e. The highest BCUT2D eigenvalue weighted by atomic mass is 16.5. The first-order chi connectivity index (χ1) is 18.2. The number of pyridine rings is 3. The molecule has 184 valence electrons. The first kappa shape index (κ1) is 21.7. The van der Waals surface area contributed by atoms with Crippen LogP contribution in [0.3, 0.4) is 0 Å². The maximum Gasteiger partial charge on any atom is 0.139 e. The van der Waals surface area contributed by atoms with Gasteiger partial charge in [-0.05, 0) is 62.9 Å². The second-order valence-electron chi connectivity index (χ2n) is 9.65. The van der Waals surface area contributed by atoms with Crippen LogP contribution in [0.4, 0.5) is 0 Å². The number of H-pyrrole nitrogens is 2. The second-order valence-corrected chi connectivity index (χ2v) is 9.65. The molecule has 0 spiro atoms. The molecule has 0 aromatic carbocycles. The van der Waals surface area contributed by atoms with Crippen LogP contribution in [0.5, 0.6) is 5.75 Å². The topological polar surface area (TPSA) is 110 Å². The quantitative estimate of drug-likeness (QED) is 0.317. The van der Waals surface area contributed by atoms with Crippen molar-refractivity contribution < 1.29 is 4.74 Å². The number of aryl methyl sites for hydroxylation is 1. The first-order valence-electron chi connectivity index (χ1n) is 12.7. The summed E-state index contributed by atoms with van der Waals surface area (Å²) in [5, 5.41) is 8.69. The van der Waals surface area contributed by atoms with Gasteiger partial charge in [0.1, 0.15) is 22.6 Å². The number of aromatic nitrogens is 8. The van der Waals surface area contributed by atoms with Gasteiger partial charge in [0.25, 0.3) is 0 Å². The third-order valence-electron chi connectivity index (χ3n) is 7.03. The van der Waals surface area contributed by atoms with Crippen molar-refractivity contribution in [3.63, 3.8) is 0 Å². The number of hydrogen-bond donors (Lipinski definition) is 2. The lowest BCUT2D eigenvalue weighted by atomic mass is 9.98. The lowest BCUT2D eigenvalue weighted by molar-refractivity contribution is 0.154. The van der Waals surface area contributed by atoms with E-state index in [0.29, 0.717) is 0 Å². The van der Waals surface area contributed by atoms with Crippen molar-refractivity contribution >= 4 is 22.1 Å². The Morgan fingerprint density at radius 3 is 2.81 bits per heavy atom. The molecule has 0 saturated heterocycles. The Morgan fingerprint density at radius 1 is 1.03 bits per heavy atom. The average molecular weight is 491 g/mol. The van der Waals surface area contributed by atoms with Crippen LogP contribution in [0.1, 0.15) is 37.8 Å². The van der Waals surface area contributed by atoms with Gasteiger partial charge in [0.15, 0.2) is 0 Å². The van der Waals surface area contributed by atoms with Crippen LogP contribution in [-0.2, 0) is 0 Å². The van der Waals surface area contributed by atoms with Crippen LogP contribution in [0, 0.1) is 6.92 Å². The minimum absolute atomic E-state index is 0.272. The van der Waals surface area contributed by atoms with E-state index in [1.54, 1.807) is 12.4 Å². The zero-order valence-corrected chi connectivity index (χ0v) is 20.5. The van der Waals surface area contributed by atoms with E-state index < -0.39 is 0 Å². The van der Waals surface area contributed by atoms with Crippen LogP contribution in [0.25, 0.3) is 50.4 Å². The number of fused-ring (bicyclic) bond motifs is 2. The predicted octanol–water partition coefficient (Wildman–Crippen LogP) is 5.77. The fraction of sp³-hybridized carbons (Fsp3) is 0.250. The van der Waals surface area contributed by atoms with Crippen LogP contribution < -0.4 is 4.74 Å². The first-order valence-corrected chi connectivity index (χ1v) is 12.7. The van der Waals surface area contributed by atoms with E-state index in [2.05, 4.69) is 36.2 Å². The van der Waals surface area contributed by atoms with Crippen LogP contribution in [0.15, 0.2) is 61.4 Å². The Morgan fingerprint density at radius 2 is 1.95 bits per heavy atom. The van der Waals surface area contributed by atoms with Gasteiger partial charge in [-0.25, -0.2) is 15.0 Å². The highest BCUT2D eigenvalue weighted by molar-refractivity contribution is 5.95. The Balaban J connectivity index is 1.26. The lowest BCUT2D eigenvalue weighted by Gasteiger charge is -2.22. The molecule has 6 aromatic heterocycles. The molecule has 37 heavy (non-hydrogen) atoms. The van der Waals surface area contributed by atoms with Gasteiger partial charge in [0.2, 0.25) is 0 Å². The van der Waals surface area contributed by atoms with Gasteiger partial charge < -0.3 is 14.3 Å². The van der Waals surface area contributed by atoms with E-state index >= 15 is 0 Å². The highest BCUT2D eigenvalue weighted by Crippen LogP contribution is 2.32. The number of aromatic amines is 2. The summed E-state index contributed by atoms with van der Waals surface area (Å²) in [7, 11) is 0. The molecule has 0 amide bonds. The molecule has 6 heterocycles. The zero-order valence-electron chi connectivity index (χ0n) is 20.5. The van der Waals surface area contributed by atoms with Gasteiger partial charge in [0, 0.05) is 29.5 Å². The third kappa shape index (κ3) is 4.02. The van der Waals surface area contributed by atoms with Crippen molar-refractivity contribution in [1.29, 1.82) is 0 Å². The summed E-state index contributed by atoms with van der Waals surface area (Å²) in [5.74, 6) is 0.794. The Bertz CT molecular complexity index is 1720. The van der Waals surface area contributed by atoms with Crippen molar-refractivity contribution in [3.8, 4) is 34.1 Å². The minimum Gasteiger partial charge on any atom is -0.489 e. The van der Waals surface area contributed by atoms with Crippen molar-refractivity contribution in [3.05, 3.63) is 67.1 Å². The number of ether oxygens (including phenoxy) is 1. The number of imidazole rings is 1. The van der Waals surface area contributed by atoms with Gasteiger partial charge in [-0.3, -0.25) is 10.1 Å². The molecule has 1 saturated carbocycles. The van der Waals surface area contributed by atoms with Gasteiger partial charge in [-0.1, -0.05) is 6.42 Å². The fourth-order valence-corrected chi connectivity index (χ4v) is 5.16. The summed E-state index contributed by atoms with van der Waals surface area (Å²) in [4.78, 5) is 21.7. The third-order valence-corrected chi connectivity index (χ3v) is 7.03. The van der Waals surface area contributed by atoms with Crippen molar-refractivity contribution in [1.82, 2.24) is 39.7 Å². The Hall–Kier alpha value is -4.53. The van der Waals surface area contributed by atoms with Crippen LogP contribution >= 0.6 is 0 Å². The molecular weight excluding hydrogens is 464 g/mol. The molecule has 1 aliphatic carbocycles. The van der Waals surface area contributed by atoms with Gasteiger partial charge in [-0.15, -0.1) is 0 Å². The van der Waals surface area contributed by atoms with E-state index in [1.807, 2.05) is 54.5 Å². The number of nitrogens with zero attached hydrogens (tertiary/aromatic N) is 6. The molecule has 0 bridgehead atoms. The molecule has 0 radical (unpaired) electrons. The zero-order chi connectivity index (χ0) is 24.8. The Labute approximate surface area is 213 Å². The predicted molar refractivity (Wildman–Crippen MR) is 142 cm³/mol. The summed E-state index contributed by atoms with van der Waals surface area (Å²) in [6.07, 6.45) is 15.5. The Kier molecular flexibility index (Phi) is 5.20. The van der Waals surface area contributed by atoms with Gasteiger partial charge >= 0.3 is 0 Å². The summed E-state index contributed by atoms with van der Waals surface area (Å²) in [6.45, 7) is 1.98. The molecule has 6 aromatic rings. The van der Waals surface area contributed by atoms with Crippen molar-refractivity contribution in [2.75, 3.05) is 0 Å². The standard InChI is InChI=1S/C28H26N8O/c1-17-15-36(16-31-17)25-9-10-30-28-21(25)12-24(33-28)27-26-23(34-35-27)8-7-22(32-26)18-11-20(14-29-13-18)37-19-5-3-2-4-6-19/h7-16,19H,2-6H2,1H3,(H,30,33)(H,34,35). The molecule has 0 unspecified atom stereocenters. The fourth-order valence-electron chi connectivity index (χ4n) is 5.16. The van der Waals surface area contributed by atoms with Crippen LogP contribution in [0.2, 0.25) is 0 Å². The second kappa shape index (κ2) is 8.85.